The molecule has 21 heavy (non-hydrogen) atoms. The molecule has 1 aromatic heterocycles. The zero-order chi connectivity index (χ0) is 15.6. The number of hydrogen-bond donors (Lipinski definition) is 1. The molecule has 0 saturated heterocycles. The minimum atomic E-state index is -3.35. The second-order valence-corrected chi connectivity index (χ2v) is 9.48. The third-order valence-corrected chi connectivity index (χ3v) is 7.27. The monoisotopic (exact) mass is 330 g/mol. The molecule has 2 rings (SSSR count). The first-order valence-electron chi connectivity index (χ1n) is 7.67. The van der Waals surface area contributed by atoms with Crippen LogP contribution in [0.1, 0.15) is 44.1 Å². The number of thiophene rings is 1. The molecule has 0 radical (unpaired) electrons. The van der Waals surface area contributed by atoms with Gasteiger partial charge < -0.3 is 5.32 Å². The number of rotatable bonds is 8. The van der Waals surface area contributed by atoms with Crippen LogP contribution in [0.25, 0.3) is 0 Å². The normalized spacial score (nSPS) is 16.1. The van der Waals surface area contributed by atoms with Crippen LogP contribution in [-0.4, -0.2) is 31.9 Å². The second kappa shape index (κ2) is 6.77. The maximum absolute atomic E-state index is 12.7. The summed E-state index contributed by atoms with van der Waals surface area (Å²) >= 11 is 1.41. The van der Waals surface area contributed by atoms with Crippen LogP contribution in [-0.2, 0) is 16.6 Å². The van der Waals surface area contributed by atoms with Crippen molar-refractivity contribution in [2.45, 2.75) is 57.3 Å². The average molecular weight is 331 g/mol. The Morgan fingerprint density at radius 2 is 2.10 bits per heavy atom. The first-order chi connectivity index (χ1) is 9.84. The zero-order valence-corrected chi connectivity index (χ0v) is 15.0. The van der Waals surface area contributed by atoms with Gasteiger partial charge in [-0.05, 0) is 37.3 Å². The van der Waals surface area contributed by atoms with Crippen molar-refractivity contribution in [3.8, 4) is 0 Å². The van der Waals surface area contributed by atoms with Gasteiger partial charge in [0.25, 0.3) is 10.0 Å². The fourth-order valence-corrected chi connectivity index (χ4v) is 5.56. The average Bonchev–Trinajstić information content (AvgIpc) is 3.16. The number of nitrogens with zero attached hydrogens (tertiary/aromatic N) is 1. The van der Waals surface area contributed by atoms with Gasteiger partial charge in [-0.1, -0.05) is 20.8 Å². The minimum absolute atomic E-state index is 0.330. The summed E-state index contributed by atoms with van der Waals surface area (Å²) in [7, 11) is -3.35. The van der Waals surface area contributed by atoms with Crippen molar-refractivity contribution in [1.29, 1.82) is 0 Å². The standard InChI is InChI=1S/C15H26N2O2S2/c1-5-17(10-11(2)3)21(18,19)15-8-12(4)14(20-15)9-16-13-6-7-13/h8,11,13,16H,5-7,9-10H2,1-4H3. The lowest BCUT2D eigenvalue weighted by Gasteiger charge is -2.21. The molecular weight excluding hydrogens is 304 g/mol. The van der Waals surface area contributed by atoms with E-state index in [0.29, 0.717) is 29.3 Å². The third kappa shape index (κ3) is 4.28. The Morgan fingerprint density at radius 1 is 1.43 bits per heavy atom. The highest BCUT2D eigenvalue weighted by Gasteiger charge is 2.27. The lowest BCUT2D eigenvalue weighted by atomic mass is 10.2. The highest BCUT2D eigenvalue weighted by atomic mass is 32.2. The van der Waals surface area contributed by atoms with Gasteiger partial charge in [-0.3, -0.25) is 0 Å². The van der Waals surface area contributed by atoms with Crippen LogP contribution in [0.2, 0.25) is 0 Å². The van der Waals surface area contributed by atoms with Crippen molar-refractivity contribution in [1.82, 2.24) is 9.62 Å². The summed E-state index contributed by atoms with van der Waals surface area (Å²) in [6.07, 6.45) is 2.49. The van der Waals surface area contributed by atoms with Crippen LogP contribution in [0.3, 0.4) is 0 Å². The molecule has 0 bridgehead atoms. The minimum Gasteiger partial charge on any atom is -0.309 e. The molecule has 1 saturated carbocycles. The van der Waals surface area contributed by atoms with E-state index in [1.54, 1.807) is 4.31 Å². The quantitative estimate of drug-likeness (QED) is 0.797. The van der Waals surface area contributed by atoms with E-state index in [-0.39, 0.29) is 0 Å². The molecule has 0 atom stereocenters. The smallest absolute Gasteiger partial charge is 0.252 e. The van der Waals surface area contributed by atoms with Crippen molar-refractivity contribution < 1.29 is 8.42 Å². The summed E-state index contributed by atoms with van der Waals surface area (Å²) in [5.74, 6) is 0.330. The van der Waals surface area contributed by atoms with E-state index in [9.17, 15) is 8.42 Å². The molecule has 1 aromatic rings. The van der Waals surface area contributed by atoms with Crippen LogP contribution < -0.4 is 5.32 Å². The number of hydrogen-bond acceptors (Lipinski definition) is 4. The summed E-state index contributed by atoms with van der Waals surface area (Å²) < 4.78 is 27.5. The fourth-order valence-electron chi connectivity index (χ4n) is 2.25. The Balaban J connectivity index is 2.16. The molecule has 0 unspecified atom stereocenters. The molecule has 120 valence electrons. The van der Waals surface area contributed by atoms with Crippen LogP contribution in [0, 0.1) is 12.8 Å². The highest BCUT2D eigenvalue weighted by Crippen LogP contribution is 2.30. The fraction of sp³-hybridized carbons (Fsp3) is 0.733. The van der Waals surface area contributed by atoms with Gasteiger partial charge in [-0.2, -0.15) is 4.31 Å². The Labute approximate surface area is 132 Å². The molecular formula is C15H26N2O2S2. The maximum Gasteiger partial charge on any atom is 0.252 e. The Hall–Kier alpha value is -0.430. The molecule has 4 nitrogen and oxygen atoms in total. The van der Waals surface area contributed by atoms with Crippen molar-refractivity contribution in [2.24, 2.45) is 5.92 Å². The van der Waals surface area contributed by atoms with Gasteiger partial charge in [0, 0.05) is 30.6 Å². The van der Waals surface area contributed by atoms with Gasteiger partial charge in [-0.15, -0.1) is 11.3 Å². The molecule has 0 aromatic carbocycles. The molecule has 0 aliphatic heterocycles. The zero-order valence-electron chi connectivity index (χ0n) is 13.3. The van der Waals surface area contributed by atoms with Gasteiger partial charge in [0.05, 0.1) is 0 Å². The van der Waals surface area contributed by atoms with E-state index in [1.807, 2.05) is 33.8 Å². The summed E-state index contributed by atoms with van der Waals surface area (Å²) in [6.45, 7) is 9.87. The van der Waals surface area contributed by atoms with E-state index in [1.165, 1.54) is 24.2 Å². The molecule has 1 fully saturated rings. The first-order valence-corrected chi connectivity index (χ1v) is 9.93. The van der Waals surface area contributed by atoms with E-state index in [4.69, 9.17) is 0 Å². The molecule has 0 amide bonds. The van der Waals surface area contributed by atoms with Crippen molar-refractivity contribution in [3.05, 3.63) is 16.5 Å². The van der Waals surface area contributed by atoms with Crippen molar-refractivity contribution in [3.63, 3.8) is 0 Å². The van der Waals surface area contributed by atoms with E-state index in [2.05, 4.69) is 5.32 Å². The Morgan fingerprint density at radius 3 is 2.62 bits per heavy atom. The molecule has 1 aliphatic rings. The van der Waals surface area contributed by atoms with E-state index >= 15 is 0 Å². The van der Waals surface area contributed by atoms with Gasteiger partial charge in [-0.25, -0.2) is 8.42 Å². The summed E-state index contributed by atoms with van der Waals surface area (Å²) in [6, 6.07) is 2.46. The van der Waals surface area contributed by atoms with E-state index in [0.717, 1.165) is 17.0 Å². The maximum atomic E-state index is 12.7. The predicted octanol–water partition coefficient (Wildman–Crippen LogP) is 2.98. The third-order valence-electron chi connectivity index (χ3n) is 3.64. The van der Waals surface area contributed by atoms with Crippen molar-refractivity contribution in [2.75, 3.05) is 13.1 Å². The van der Waals surface area contributed by atoms with Crippen LogP contribution in [0.4, 0.5) is 0 Å². The topological polar surface area (TPSA) is 49.4 Å². The summed E-state index contributed by atoms with van der Waals surface area (Å²) in [5, 5.41) is 3.46. The van der Waals surface area contributed by atoms with E-state index < -0.39 is 10.0 Å². The molecule has 1 N–H and O–H groups in total. The molecule has 0 spiro atoms. The molecule has 1 heterocycles. The Kier molecular flexibility index (Phi) is 5.46. The number of nitrogens with one attached hydrogen (secondary N) is 1. The predicted molar refractivity (Wildman–Crippen MR) is 88.2 cm³/mol. The number of sulfonamides is 1. The molecule has 6 heteroatoms. The largest absolute Gasteiger partial charge is 0.309 e. The van der Waals surface area contributed by atoms with Gasteiger partial charge >= 0.3 is 0 Å². The van der Waals surface area contributed by atoms with Crippen LogP contribution in [0.15, 0.2) is 10.3 Å². The van der Waals surface area contributed by atoms with Gasteiger partial charge in [0.15, 0.2) is 0 Å². The summed E-state index contributed by atoms with van der Waals surface area (Å²) in [5.41, 5.74) is 1.08. The van der Waals surface area contributed by atoms with Crippen LogP contribution in [0.5, 0.6) is 0 Å². The Bertz CT molecular complexity index is 574. The second-order valence-electron chi connectivity index (χ2n) is 6.18. The van der Waals surface area contributed by atoms with Crippen molar-refractivity contribution >= 4 is 21.4 Å². The lowest BCUT2D eigenvalue weighted by molar-refractivity contribution is 0.382. The first kappa shape index (κ1) is 16.9. The van der Waals surface area contributed by atoms with Crippen LogP contribution >= 0.6 is 11.3 Å². The number of aryl methyl sites for hydroxylation is 1. The lowest BCUT2D eigenvalue weighted by Crippen LogP contribution is -2.33. The highest BCUT2D eigenvalue weighted by molar-refractivity contribution is 7.91. The SMILES string of the molecule is CCN(CC(C)C)S(=O)(=O)c1cc(C)c(CNC2CC2)s1. The summed E-state index contributed by atoms with van der Waals surface area (Å²) in [4.78, 5) is 1.14. The molecule has 1 aliphatic carbocycles. The van der Waals surface area contributed by atoms with Gasteiger partial charge in [0.2, 0.25) is 0 Å². The van der Waals surface area contributed by atoms with Gasteiger partial charge in [0.1, 0.15) is 4.21 Å².